The molecule has 0 aliphatic rings. The van der Waals surface area contributed by atoms with Gasteiger partial charge in [-0.05, 0) is 52.9 Å². The first-order chi connectivity index (χ1) is 11.8. The van der Waals surface area contributed by atoms with Gasteiger partial charge in [0, 0.05) is 10.8 Å². The highest BCUT2D eigenvalue weighted by molar-refractivity contribution is 7.17. The summed E-state index contributed by atoms with van der Waals surface area (Å²) in [5.41, 5.74) is 3.99. The fraction of sp³-hybridized carbons (Fsp3) is 0.227. The molecule has 25 heavy (non-hydrogen) atoms. The third-order valence-electron chi connectivity index (χ3n) is 5.06. The highest BCUT2D eigenvalue weighted by Crippen LogP contribution is 2.32. The number of hydrogen-bond donors (Lipinski definition) is 0. The molecule has 4 aromatic rings. The molecule has 0 radical (unpaired) electrons. The lowest BCUT2D eigenvalue weighted by Crippen LogP contribution is -2.37. The van der Waals surface area contributed by atoms with Crippen LogP contribution in [0.4, 0.5) is 0 Å². The maximum atomic E-state index is 2.41. The van der Waals surface area contributed by atoms with Crippen LogP contribution in [0.3, 0.4) is 0 Å². The first-order valence-electron chi connectivity index (χ1n) is 8.76. The Hall–Kier alpha value is -1.97. The molecule has 0 aliphatic carbocycles. The van der Waals surface area contributed by atoms with Gasteiger partial charge in [0.25, 0.3) is 0 Å². The van der Waals surface area contributed by atoms with Gasteiger partial charge in [-0.25, -0.2) is 4.57 Å². The van der Waals surface area contributed by atoms with Crippen molar-refractivity contribution in [3.63, 3.8) is 0 Å². The van der Waals surface area contributed by atoms with Gasteiger partial charge in [-0.15, -0.1) is 11.3 Å². The average Bonchev–Trinajstić information content (AvgIpc) is 3.00. The summed E-state index contributed by atoms with van der Waals surface area (Å²) in [5.74, 6) is 0. The zero-order chi connectivity index (χ0) is 17.8. The minimum Gasteiger partial charge on any atom is -0.200 e. The average molecular weight is 363 g/mol. The molecular weight excluding hydrogens is 338 g/mol. The molecule has 0 unspecified atom stereocenters. The standard InChI is InChI=1S/C22H24NSSi/c1-15-12-17-9-11-24-21(17)14-20(15)22-19-7-6-18(25(3,4)5)13-16(19)8-10-23(22)2/h6-14H,1-5H3/q+1. The van der Waals surface area contributed by atoms with Gasteiger partial charge in [-0.3, -0.25) is 0 Å². The van der Waals surface area contributed by atoms with Crippen LogP contribution < -0.4 is 9.75 Å². The maximum absolute atomic E-state index is 2.41. The van der Waals surface area contributed by atoms with E-state index in [0.717, 1.165) is 0 Å². The Morgan fingerprint density at radius 3 is 2.48 bits per heavy atom. The normalized spacial score (nSPS) is 12.2. The van der Waals surface area contributed by atoms with E-state index in [2.05, 4.69) is 92.2 Å². The molecule has 4 rings (SSSR count). The molecular formula is C22H24NSSi+. The first kappa shape index (κ1) is 16.5. The zero-order valence-corrected chi connectivity index (χ0v) is 17.4. The second-order valence-corrected chi connectivity index (χ2v) is 14.0. The molecule has 1 nitrogen and oxygen atoms in total. The second-order valence-electron chi connectivity index (χ2n) is 7.95. The summed E-state index contributed by atoms with van der Waals surface area (Å²) in [4.78, 5) is 0. The van der Waals surface area contributed by atoms with Crippen molar-refractivity contribution < 1.29 is 4.57 Å². The number of thiophene rings is 1. The second kappa shape index (κ2) is 5.79. The van der Waals surface area contributed by atoms with Crippen molar-refractivity contribution in [3.05, 3.63) is 59.6 Å². The van der Waals surface area contributed by atoms with Crippen molar-refractivity contribution in [2.75, 3.05) is 0 Å². The Morgan fingerprint density at radius 2 is 1.72 bits per heavy atom. The van der Waals surface area contributed by atoms with Crippen molar-refractivity contribution >= 4 is 45.5 Å². The first-order valence-corrected chi connectivity index (χ1v) is 13.1. The van der Waals surface area contributed by atoms with Crippen LogP contribution in [0.5, 0.6) is 0 Å². The third-order valence-corrected chi connectivity index (χ3v) is 7.98. The van der Waals surface area contributed by atoms with E-state index in [9.17, 15) is 0 Å². The number of benzene rings is 2. The van der Waals surface area contributed by atoms with E-state index in [1.807, 2.05) is 11.3 Å². The van der Waals surface area contributed by atoms with Crippen LogP contribution in [-0.4, -0.2) is 8.07 Å². The Balaban J connectivity index is 2.02. The smallest absolute Gasteiger partial charge is 0.200 e. The number of nitrogens with zero attached hydrogens (tertiary/aromatic N) is 1. The van der Waals surface area contributed by atoms with Gasteiger partial charge >= 0.3 is 0 Å². The SMILES string of the molecule is Cc1cc2ccsc2cc1-c1c2ccc([Si](C)(C)C)cc2cc[n+]1C. The molecule has 0 amide bonds. The van der Waals surface area contributed by atoms with E-state index in [1.165, 1.54) is 42.9 Å². The van der Waals surface area contributed by atoms with Crippen LogP contribution in [0.25, 0.3) is 32.1 Å². The molecule has 0 aliphatic heterocycles. The Labute approximate surface area is 154 Å². The molecule has 0 N–H and O–H groups in total. The predicted octanol–water partition coefficient (Wildman–Crippen LogP) is 5.40. The number of aromatic nitrogens is 1. The highest BCUT2D eigenvalue weighted by atomic mass is 32.1. The van der Waals surface area contributed by atoms with Crippen molar-refractivity contribution in [2.45, 2.75) is 26.6 Å². The molecule has 3 heteroatoms. The molecule has 0 bridgehead atoms. The summed E-state index contributed by atoms with van der Waals surface area (Å²) in [6.45, 7) is 9.45. The minimum absolute atomic E-state index is 1.30. The van der Waals surface area contributed by atoms with Crippen molar-refractivity contribution in [2.24, 2.45) is 7.05 Å². The summed E-state index contributed by atoms with van der Waals surface area (Å²) in [7, 11) is 0.848. The Kier molecular flexibility index (Phi) is 3.82. The topological polar surface area (TPSA) is 3.88 Å². The minimum atomic E-state index is -1.30. The van der Waals surface area contributed by atoms with Crippen LogP contribution in [0.2, 0.25) is 19.6 Å². The van der Waals surface area contributed by atoms with Gasteiger partial charge in [0.05, 0.1) is 19.0 Å². The van der Waals surface area contributed by atoms with Gasteiger partial charge < -0.3 is 0 Å². The molecule has 0 fully saturated rings. The Bertz CT molecular complexity index is 1100. The van der Waals surface area contributed by atoms with Crippen molar-refractivity contribution in [3.8, 4) is 11.3 Å². The van der Waals surface area contributed by atoms with E-state index >= 15 is 0 Å². The lowest BCUT2D eigenvalue weighted by atomic mass is 9.98. The van der Waals surface area contributed by atoms with Gasteiger partial charge in [-0.1, -0.05) is 37.0 Å². The molecule has 0 saturated heterocycles. The quantitative estimate of drug-likeness (QED) is 0.332. The third kappa shape index (κ3) is 2.81. The van der Waals surface area contributed by atoms with E-state index in [4.69, 9.17) is 0 Å². The predicted molar refractivity (Wildman–Crippen MR) is 114 cm³/mol. The fourth-order valence-electron chi connectivity index (χ4n) is 3.55. The summed E-state index contributed by atoms with van der Waals surface area (Å²) in [6, 6.07) is 16.2. The van der Waals surface area contributed by atoms with E-state index in [0.29, 0.717) is 0 Å². The van der Waals surface area contributed by atoms with E-state index < -0.39 is 8.07 Å². The molecule has 2 aromatic heterocycles. The summed E-state index contributed by atoms with van der Waals surface area (Å²) in [5, 5.41) is 7.72. The Morgan fingerprint density at radius 1 is 0.920 bits per heavy atom. The van der Waals surface area contributed by atoms with Crippen LogP contribution >= 0.6 is 11.3 Å². The molecule has 0 saturated carbocycles. The van der Waals surface area contributed by atoms with Crippen LogP contribution in [0.15, 0.2) is 54.0 Å². The largest absolute Gasteiger partial charge is 0.220 e. The number of hydrogen-bond acceptors (Lipinski definition) is 1. The highest BCUT2D eigenvalue weighted by Gasteiger charge is 2.21. The molecule has 126 valence electrons. The van der Waals surface area contributed by atoms with Gasteiger partial charge in [0.2, 0.25) is 5.69 Å². The van der Waals surface area contributed by atoms with E-state index in [1.54, 1.807) is 0 Å². The van der Waals surface area contributed by atoms with Crippen molar-refractivity contribution in [1.29, 1.82) is 0 Å². The van der Waals surface area contributed by atoms with Gasteiger partial charge in [0.15, 0.2) is 6.20 Å². The summed E-state index contributed by atoms with van der Waals surface area (Å²) >= 11 is 1.82. The summed E-state index contributed by atoms with van der Waals surface area (Å²) < 4.78 is 3.62. The monoisotopic (exact) mass is 362 g/mol. The lowest BCUT2D eigenvalue weighted by Gasteiger charge is -2.17. The molecule has 2 heterocycles. The molecule has 0 spiro atoms. The number of rotatable bonds is 2. The zero-order valence-electron chi connectivity index (χ0n) is 15.6. The number of fused-ring (bicyclic) bond motifs is 2. The fourth-order valence-corrected chi connectivity index (χ4v) is 5.53. The summed E-state index contributed by atoms with van der Waals surface area (Å²) in [6.07, 6.45) is 2.20. The van der Waals surface area contributed by atoms with Crippen LogP contribution in [0.1, 0.15) is 5.56 Å². The van der Waals surface area contributed by atoms with Crippen LogP contribution in [-0.2, 0) is 7.05 Å². The number of aryl methyl sites for hydroxylation is 2. The number of pyridine rings is 1. The lowest BCUT2D eigenvalue weighted by molar-refractivity contribution is -0.659. The van der Waals surface area contributed by atoms with Gasteiger partial charge in [-0.2, -0.15) is 0 Å². The van der Waals surface area contributed by atoms with Gasteiger partial charge in [0.1, 0.15) is 7.05 Å². The molecule has 2 aromatic carbocycles. The maximum Gasteiger partial charge on any atom is 0.220 e. The van der Waals surface area contributed by atoms with Crippen molar-refractivity contribution in [1.82, 2.24) is 0 Å². The van der Waals surface area contributed by atoms with Crippen LogP contribution in [0, 0.1) is 6.92 Å². The molecule has 0 atom stereocenters. The van der Waals surface area contributed by atoms with E-state index in [-0.39, 0.29) is 0 Å².